The molecule has 1 aromatic carbocycles. The van der Waals surface area contributed by atoms with Gasteiger partial charge in [-0.15, -0.1) is 0 Å². The largest absolute Gasteiger partial charge is 0.492 e. The summed E-state index contributed by atoms with van der Waals surface area (Å²) in [5.41, 5.74) is 2.98. The van der Waals surface area contributed by atoms with Gasteiger partial charge in [0.25, 0.3) is 0 Å². The number of carbonyl (C=O) groups excluding carboxylic acids is 1. The molecule has 0 aliphatic carbocycles. The van der Waals surface area contributed by atoms with Crippen LogP contribution in [0.3, 0.4) is 0 Å². The van der Waals surface area contributed by atoms with Crippen molar-refractivity contribution in [3.8, 4) is 16.9 Å². The highest BCUT2D eigenvalue weighted by Gasteiger charge is 2.21. The third kappa shape index (κ3) is 3.90. The Kier molecular flexibility index (Phi) is 4.92. The second kappa shape index (κ2) is 7.28. The maximum atomic E-state index is 11.9. The summed E-state index contributed by atoms with van der Waals surface area (Å²) in [5, 5.41) is 13.0. The van der Waals surface area contributed by atoms with Crippen molar-refractivity contribution in [2.75, 3.05) is 19.7 Å². The predicted octanol–water partition coefficient (Wildman–Crippen LogP) is 1.43. The smallest absolute Gasteiger partial charge is 0.237 e. The summed E-state index contributed by atoms with van der Waals surface area (Å²) in [5.74, 6) is 0.789. The second-order valence-corrected chi connectivity index (χ2v) is 5.63. The van der Waals surface area contributed by atoms with Gasteiger partial charge in [-0.25, -0.2) is 0 Å². The van der Waals surface area contributed by atoms with Crippen LogP contribution in [0.15, 0.2) is 24.4 Å². The highest BCUT2D eigenvalue weighted by atomic mass is 16.5. The molecule has 0 bridgehead atoms. The van der Waals surface area contributed by atoms with Gasteiger partial charge in [0, 0.05) is 11.8 Å². The number of amides is 1. The number of rotatable bonds is 6. The summed E-state index contributed by atoms with van der Waals surface area (Å²) in [6.07, 6.45) is 3.83. The molecule has 3 rings (SSSR count). The Morgan fingerprint density at radius 3 is 3.17 bits per heavy atom. The lowest BCUT2D eigenvalue weighted by Gasteiger charge is -2.12. The number of benzene rings is 1. The molecule has 1 saturated heterocycles. The van der Waals surface area contributed by atoms with Crippen LogP contribution in [-0.2, 0) is 4.79 Å². The lowest BCUT2D eigenvalue weighted by molar-refractivity contribution is -0.122. The van der Waals surface area contributed by atoms with Gasteiger partial charge in [0.2, 0.25) is 5.91 Å². The molecular weight excluding hydrogens is 292 g/mol. The van der Waals surface area contributed by atoms with E-state index in [9.17, 15) is 4.79 Å². The Labute approximate surface area is 135 Å². The number of nitrogens with zero attached hydrogens (tertiary/aromatic N) is 1. The number of aromatic amines is 1. The first-order valence-corrected chi connectivity index (χ1v) is 7.90. The van der Waals surface area contributed by atoms with Gasteiger partial charge in [-0.05, 0) is 56.1 Å². The van der Waals surface area contributed by atoms with Gasteiger partial charge in [-0.3, -0.25) is 9.89 Å². The molecule has 1 aliphatic heterocycles. The quantitative estimate of drug-likeness (QED) is 0.705. The number of nitrogens with one attached hydrogen (secondary N) is 3. The third-order valence-electron chi connectivity index (χ3n) is 3.95. The van der Waals surface area contributed by atoms with Gasteiger partial charge in [0.1, 0.15) is 12.4 Å². The summed E-state index contributed by atoms with van der Waals surface area (Å²) < 4.78 is 5.70. The lowest BCUT2D eigenvalue weighted by atomic mass is 10.1. The monoisotopic (exact) mass is 313 g/mol. The van der Waals surface area contributed by atoms with Crippen molar-refractivity contribution < 1.29 is 9.53 Å². The molecule has 1 atom stereocenters. The van der Waals surface area contributed by atoms with E-state index >= 15 is 0 Å². The molecule has 1 amide bonds. The molecule has 6 nitrogen and oxygen atoms in total. The molecule has 0 saturated carbocycles. The van der Waals surface area contributed by atoms with Crippen molar-refractivity contribution in [2.24, 2.45) is 0 Å². The number of carbonyl (C=O) groups is 1. The van der Waals surface area contributed by atoms with E-state index in [1.54, 1.807) is 6.07 Å². The number of ether oxygens (including phenoxy) is 1. The normalized spacial score (nSPS) is 17.2. The van der Waals surface area contributed by atoms with Crippen LogP contribution in [0.25, 0.3) is 11.1 Å². The van der Waals surface area contributed by atoms with E-state index in [0.717, 1.165) is 42.0 Å². The Morgan fingerprint density at radius 1 is 1.52 bits per heavy atom. The van der Waals surface area contributed by atoms with Crippen molar-refractivity contribution in [3.63, 3.8) is 0 Å². The Morgan fingerprint density at radius 2 is 2.43 bits per heavy atom. The molecule has 2 aromatic rings. The standard InChI is InChI=1S/C17H21N4O2/c1-12-15(11-20-21-12)13-4-2-5-14(10-13)23-9-8-19-17(22)16-6-3-7-18-16/h4-5,10-11,16,18H,3,6-9H2,1H3,(H,19,22)(H,20,21)/t16-/m0/s1. The molecule has 0 spiro atoms. The van der Waals surface area contributed by atoms with Crippen LogP contribution >= 0.6 is 0 Å². The van der Waals surface area contributed by atoms with Crippen molar-refractivity contribution >= 4 is 5.91 Å². The zero-order chi connectivity index (χ0) is 16.1. The van der Waals surface area contributed by atoms with Gasteiger partial charge >= 0.3 is 0 Å². The van der Waals surface area contributed by atoms with Crippen LogP contribution in [0, 0.1) is 13.0 Å². The molecular formula is C17H21N4O2. The summed E-state index contributed by atoms with van der Waals surface area (Å²) in [7, 11) is 0. The summed E-state index contributed by atoms with van der Waals surface area (Å²) >= 11 is 0. The van der Waals surface area contributed by atoms with Crippen molar-refractivity contribution in [1.82, 2.24) is 20.8 Å². The van der Waals surface area contributed by atoms with E-state index in [1.807, 2.05) is 25.3 Å². The summed E-state index contributed by atoms with van der Waals surface area (Å²) in [6, 6.07) is 8.67. The van der Waals surface area contributed by atoms with Crippen molar-refractivity contribution in [2.45, 2.75) is 25.8 Å². The molecule has 6 heteroatoms. The van der Waals surface area contributed by atoms with Gasteiger partial charge in [-0.1, -0.05) is 0 Å². The minimum atomic E-state index is -0.0456. The van der Waals surface area contributed by atoms with Crippen LogP contribution in [0.2, 0.25) is 0 Å². The Bertz CT molecular complexity index is 662. The molecule has 0 unspecified atom stereocenters. The van der Waals surface area contributed by atoms with Crippen molar-refractivity contribution in [1.29, 1.82) is 0 Å². The van der Waals surface area contributed by atoms with Crippen LogP contribution in [0.1, 0.15) is 18.5 Å². The van der Waals surface area contributed by atoms with Crippen LogP contribution in [0.4, 0.5) is 0 Å². The van der Waals surface area contributed by atoms with E-state index in [-0.39, 0.29) is 11.9 Å². The van der Waals surface area contributed by atoms with E-state index < -0.39 is 0 Å². The van der Waals surface area contributed by atoms with E-state index in [1.165, 1.54) is 0 Å². The highest BCUT2D eigenvalue weighted by Crippen LogP contribution is 2.24. The first kappa shape index (κ1) is 15.6. The van der Waals surface area contributed by atoms with Crippen molar-refractivity contribution in [3.05, 3.63) is 36.2 Å². The maximum Gasteiger partial charge on any atom is 0.237 e. The third-order valence-corrected chi connectivity index (χ3v) is 3.95. The minimum absolute atomic E-state index is 0.0456. The molecule has 1 aromatic heterocycles. The molecule has 1 aliphatic rings. The number of aromatic nitrogens is 2. The number of hydrogen-bond donors (Lipinski definition) is 3. The van der Waals surface area contributed by atoms with E-state index in [2.05, 4.69) is 26.9 Å². The lowest BCUT2D eigenvalue weighted by Crippen LogP contribution is -2.41. The zero-order valence-electron chi connectivity index (χ0n) is 13.2. The average Bonchev–Trinajstić information content (AvgIpc) is 3.23. The van der Waals surface area contributed by atoms with Crippen LogP contribution in [0.5, 0.6) is 5.75 Å². The molecule has 1 fully saturated rings. The summed E-state index contributed by atoms with van der Waals surface area (Å²) in [4.78, 5) is 11.9. The molecule has 2 heterocycles. The van der Waals surface area contributed by atoms with E-state index in [0.29, 0.717) is 13.2 Å². The Hall–Kier alpha value is -2.34. The fraction of sp³-hybridized carbons (Fsp3) is 0.412. The van der Waals surface area contributed by atoms with Crippen LogP contribution in [-0.4, -0.2) is 41.8 Å². The van der Waals surface area contributed by atoms with E-state index in [4.69, 9.17) is 4.74 Å². The predicted molar refractivity (Wildman–Crippen MR) is 87.1 cm³/mol. The van der Waals surface area contributed by atoms with Gasteiger partial charge < -0.3 is 15.4 Å². The first-order chi connectivity index (χ1) is 11.2. The fourth-order valence-electron chi connectivity index (χ4n) is 2.71. The maximum absolute atomic E-state index is 11.9. The van der Waals surface area contributed by atoms with Crippen LogP contribution < -0.4 is 15.4 Å². The SMILES string of the molecule is Cc1n[nH]cc1-c1c[c]cc(OCCNC(=O)[C@@H]2CCCN2)c1. The van der Waals surface area contributed by atoms with Gasteiger partial charge in [0.05, 0.1) is 18.3 Å². The highest BCUT2D eigenvalue weighted by molar-refractivity contribution is 5.81. The number of H-pyrrole nitrogens is 1. The zero-order valence-corrected chi connectivity index (χ0v) is 13.2. The topological polar surface area (TPSA) is 79.0 Å². The van der Waals surface area contributed by atoms with Gasteiger partial charge in [0.15, 0.2) is 0 Å². The fourth-order valence-corrected chi connectivity index (χ4v) is 2.71. The first-order valence-electron chi connectivity index (χ1n) is 7.90. The summed E-state index contributed by atoms with van der Waals surface area (Å²) in [6.45, 7) is 3.79. The van der Waals surface area contributed by atoms with Gasteiger partial charge in [-0.2, -0.15) is 5.10 Å². The average molecular weight is 313 g/mol. The Balaban J connectivity index is 1.49. The molecule has 23 heavy (non-hydrogen) atoms. The molecule has 121 valence electrons. The molecule has 3 N–H and O–H groups in total. The number of hydrogen-bond acceptors (Lipinski definition) is 4. The number of aryl methyl sites for hydroxylation is 1. The minimum Gasteiger partial charge on any atom is -0.492 e. The second-order valence-electron chi connectivity index (χ2n) is 5.63. The molecule has 1 radical (unpaired) electrons.